The molecule has 0 amide bonds. The van der Waals surface area contributed by atoms with Crippen molar-refractivity contribution >= 4 is 13.2 Å². The highest BCUT2D eigenvalue weighted by Gasteiger charge is 2.22. The number of ketones is 1. The topological polar surface area (TPSA) is 43.4 Å². The van der Waals surface area contributed by atoms with E-state index in [1.54, 1.807) is 0 Å². The van der Waals surface area contributed by atoms with E-state index < -0.39 is 7.37 Å². The molecule has 0 aliphatic rings. The van der Waals surface area contributed by atoms with E-state index in [9.17, 15) is 9.36 Å². The summed E-state index contributed by atoms with van der Waals surface area (Å²) >= 11 is 0. The van der Waals surface area contributed by atoms with Gasteiger partial charge in [-0.1, -0.05) is 27.7 Å². The van der Waals surface area contributed by atoms with Gasteiger partial charge in [0.2, 0.25) is 7.37 Å². The average molecular weight is 220 g/mol. The van der Waals surface area contributed by atoms with Gasteiger partial charge >= 0.3 is 0 Å². The maximum absolute atomic E-state index is 11.8. The van der Waals surface area contributed by atoms with Crippen LogP contribution in [0.3, 0.4) is 0 Å². The van der Waals surface area contributed by atoms with E-state index in [0.29, 0.717) is 12.5 Å². The van der Waals surface area contributed by atoms with Crippen LogP contribution in [0.2, 0.25) is 0 Å². The van der Waals surface area contributed by atoms with Gasteiger partial charge in [-0.15, -0.1) is 0 Å². The Kier molecular flexibility index (Phi) is 5.61. The number of rotatable bonds is 6. The molecule has 14 heavy (non-hydrogen) atoms. The Balaban J connectivity index is 4.08. The van der Waals surface area contributed by atoms with Crippen LogP contribution in [0.25, 0.3) is 0 Å². The summed E-state index contributed by atoms with van der Waals surface area (Å²) in [6.07, 6.45) is 0.0669. The Morgan fingerprint density at radius 2 is 1.79 bits per heavy atom. The molecule has 0 fully saturated rings. The van der Waals surface area contributed by atoms with Crippen LogP contribution in [0, 0.1) is 11.8 Å². The molecular formula is C10H21O3P. The van der Waals surface area contributed by atoms with Crippen molar-refractivity contribution in [2.45, 2.75) is 27.7 Å². The normalized spacial score (nSPS) is 15.9. The Hall–Kier alpha value is -0.140. The molecular weight excluding hydrogens is 199 g/mol. The molecule has 0 saturated heterocycles. The lowest BCUT2D eigenvalue weighted by molar-refractivity contribution is -0.119. The second-order valence-electron chi connectivity index (χ2n) is 4.48. The van der Waals surface area contributed by atoms with Crippen LogP contribution < -0.4 is 0 Å². The Morgan fingerprint density at radius 1 is 1.29 bits per heavy atom. The lowest BCUT2D eigenvalue weighted by Crippen LogP contribution is -2.14. The number of Topliss-reactive ketones (excluding diaryl/α,β-unsaturated/α-hetero) is 1. The monoisotopic (exact) mass is 220 g/mol. The van der Waals surface area contributed by atoms with Gasteiger partial charge in [0.05, 0.1) is 12.8 Å². The number of hydrogen-bond donors (Lipinski definition) is 0. The molecule has 0 bridgehead atoms. The molecule has 1 atom stereocenters. The first-order valence-corrected chi connectivity index (χ1v) is 7.24. The lowest BCUT2D eigenvalue weighted by Gasteiger charge is -2.15. The third kappa shape index (κ3) is 6.33. The number of carbonyl (C=O) groups is 1. The van der Waals surface area contributed by atoms with E-state index in [0.717, 1.165) is 0 Å². The predicted molar refractivity (Wildman–Crippen MR) is 59.0 cm³/mol. The minimum absolute atomic E-state index is 0.0135. The van der Waals surface area contributed by atoms with Gasteiger partial charge in [-0.25, -0.2) is 0 Å². The summed E-state index contributed by atoms with van der Waals surface area (Å²) in [4.78, 5) is 11.4. The lowest BCUT2D eigenvalue weighted by atomic mass is 10.1. The Bertz CT molecular complexity index is 234. The van der Waals surface area contributed by atoms with Crippen LogP contribution >= 0.6 is 7.37 Å². The number of hydrogen-bond acceptors (Lipinski definition) is 3. The Labute approximate surface area is 86.7 Å². The van der Waals surface area contributed by atoms with Crippen molar-refractivity contribution in [1.82, 2.24) is 0 Å². The van der Waals surface area contributed by atoms with Crippen LogP contribution in [0.5, 0.6) is 0 Å². The molecule has 0 spiro atoms. The van der Waals surface area contributed by atoms with Crippen LogP contribution in [0.1, 0.15) is 27.7 Å². The summed E-state index contributed by atoms with van der Waals surface area (Å²) in [6.45, 7) is 9.60. The number of carbonyl (C=O) groups excluding carboxylic acids is 1. The van der Waals surface area contributed by atoms with Gasteiger partial charge in [-0.3, -0.25) is 9.36 Å². The minimum Gasteiger partial charge on any atom is -0.328 e. The zero-order chi connectivity index (χ0) is 11.4. The maximum atomic E-state index is 11.8. The first-order chi connectivity index (χ1) is 6.24. The molecule has 84 valence electrons. The van der Waals surface area contributed by atoms with Gasteiger partial charge < -0.3 is 4.52 Å². The van der Waals surface area contributed by atoms with Crippen LogP contribution in [-0.2, 0) is 13.9 Å². The fraction of sp³-hybridized carbons (Fsp3) is 0.900. The molecule has 0 aliphatic heterocycles. The van der Waals surface area contributed by atoms with Crippen molar-refractivity contribution in [3.05, 3.63) is 0 Å². The van der Waals surface area contributed by atoms with E-state index in [4.69, 9.17) is 4.52 Å². The van der Waals surface area contributed by atoms with E-state index in [-0.39, 0.29) is 17.9 Å². The largest absolute Gasteiger partial charge is 0.328 e. The van der Waals surface area contributed by atoms with Gasteiger partial charge in [0, 0.05) is 12.6 Å². The highest BCUT2D eigenvalue weighted by molar-refractivity contribution is 7.59. The minimum atomic E-state index is -2.71. The summed E-state index contributed by atoms with van der Waals surface area (Å²) in [7, 11) is -2.71. The van der Waals surface area contributed by atoms with Gasteiger partial charge in [-0.05, 0) is 5.92 Å². The van der Waals surface area contributed by atoms with E-state index in [1.165, 1.54) is 6.66 Å². The summed E-state index contributed by atoms with van der Waals surface area (Å²) < 4.78 is 17.0. The average Bonchev–Trinajstić information content (AvgIpc) is 2.00. The highest BCUT2D eigenvalue weighted by atomic mass is 31.2. The van der Waals surface area contributed by atoms with Gasteiger partial charge in [0.15, 0.2) is 0 Å². The molecule has 0 aromatic carbocycles. The standard InChI is InChI=1S/C10H21O3P/c1-8(2)6-13-14(5,12)7-10(11)9(3)4/h8-9H,6-7H2,1-5H3. The smallest absolute Gasteiger partial charge is 0.207 e. The fourth-order valence-corrected chi connectivity index (χ4v) is 2.45. The highest BCUT2D eigenvalue weighted by Crippen LogP contribution is 2.43. The van der Waals surface area contributed by atoms with E-state index >= 15 is 0 Å². The zero-order valence-corrected chi connectivity index (χ0v) is 10.6. The van der Waals surface area contributed by atoms with Crippen molar-refractivity contribution in [3.8, 4) is 0 Å². The molecule has 0 N–H and O–H groups in total. The molecule has 0 aliphatic carbocycles. The molecule has 0 rings (SSSR count). The first kappa shape index (κ1) is 13.9. The summed E-state index contributed by atoms with van der Waals surface area (Å²) in [5, 5.41) is 0. The van der Waals surface area contributed by atoms with E-state index in [1.807, 2.05) is 27.7 Å². The molecule has 1 unspecified atom stereocenters. The third-order valence-electron chi connectivity index (χ3n) is 1.77. The molecule has 0 heterocycles. The van der Waals surface area contributed by atoms with Gasteiger partial charge in [0.25, 0.3) is 0 Å². The van der Waals surface area contributed by atoms with Crippen molar-refractivity contribution in [2.24, 2.45) is 11.8 Å². The second kappa shape index (κ2) is 5.67. The zero-order valence-electron chi connectivity index (χ0n) is 9.74. The first-order valence-electron chi connectivity index (χ1n) is 4.98. The SMILES string of the molecule is CC(C)COP(C)(=O)CC(=O)C(C)C. The van der Waals surface area contributed by atoms with Gasteiger partial charge in [0.1, 0.15) is 5.78 Å². The summed E-state index contributed by atoms with van der Waals surface area (Å²) in [5.74, 6) is 0.294. The van der Waals surface area contributed by atoms with Crippen molar-refractivity contribution in [3.63, 3.8) is 0 Å². The predicted octanol–water partition coefficient (Wildman–Crippen LogP) is 2.79. The quantitative estimate of drug-likeness (QED) is 0.646. The summed E-state index contributed by atoms with van der Waals surface area (Å²) in [5.41, 5.74) is 0. The molecule has 0 aromatic heterocycles. The summed E-state index contributed by atoms with van der Waals surface area (Å²) in [6, 6.07) is 0. The fourth-order valence-electron chi connectivity index (χ4n) is 0.818. The molecule has 4 heteroatoms. The second-order valence-corrected chi connectivity index (χ2v) is 7.09. The third-order valence-corrected chi connectivity index (χ3v) is 3.35. The maximum Gasteiger partial charge on any atom is 0.207 e. The Morgan fingerprint density at radius 3 is 2.14 bits per heavy atom. The van der Waals surface area contributed by atoms with Crippen LogP contribution in [-0.4, -0.2) is 25.2 Å². The van der Waals surface area contributed by atoms with Crippen molar-refractivity contribution < 1.29 is 13.9 Å². The molecule has 3 nitrogen and oxygen atoms in total. The molecule has 0 aromatic rings. The molecule has 0 radical (unpaired) electrons. The van der Waals surface area contributed by atoms with Crippen LogP contribution in [0.15, 0.2) is 0 Å². The van der Waals surface area contributed by atoms with Crippen LogP contribution in [0.4, 0.5) is 0 Å². The van der Waals surface area contributed by atoms with Crippen molar-refractivity contribution in [1.29, 1.82) is 0 Å². The van der Waals surface area contributed by atoms with E-state index in [2.05, 4.69) is 0 Å². The molecule has 0 saturated carbocycles. The van der Waals surface area contributed by atoms with Crippen molar-refractivity contribution in [2.75, 3.05) is 19.4 Å². The van der Waals surface area contributed by atoms with Gasteiger partial charge in [-0.2, -0.15) is 0 Å².